The number of likely N-dealkylation sites (N-methyl/N-ethyl adjacent to an activating group) is 1. The van der Waals surface area contributed by atoms with Crippen molar-refractivity contribution in [1.29, 1.82) is 0 Å². The van der Waals surface area contributed by atoms with E-state index in [1.165, 1.54) is 15.3 Å². The zero-order chi connectivity index (χ0) is 14.2. The quantitative estimate of drug-likeness (QED) is 0.757. The Morgan fingerprint density at radius 1 is 1.20 bits per heavy atom. The van der Waals surface area contributed by atoms with Gasteiger partial charge in [-0.25, -0.2) is 0 Å². The van der Waals surface area contributed by atoms with Gasteiger partial charge in [0.1, 0.15) is 0 Å². The summed E-state index contributed by atoms with van der Waals surface area (Å²) in [6.07, 6.45) is 3.72. The van der Waals surface area contributed by atoms with Crippen molar-refractivity contribution in [2.45, 2.75) is 26.9 Å². The third-order valence-electron chi connectivity index (χ3n) is 3.30. The first kappa shape index (κ1) is 15.2. The fourth-order valence-electron chi connectivity index (χ4n) is 2.12. The van der Waals surface area contributed by atoms with Crippen molar-refractivity contribution in [3.63, 3.8) is 0 Å². The fourth-order valence-corrected chi connectivity index (χ4v) is 2.98. The van der Waals surface area contributed by atoms with Gasteiger partial charge >= 0.3 is 0 Å². The molecule has 0 fully saturated rings. The van der Waals surface area contributed by atoms with Crippen LogP contribution >= 0.6 is 11.3 Å². The summed E-state index contributed by atoms with van der Waals surface area (Å²) < 4.78 is 0. The molecule has 0 aliphatic rings. The molecule has 4 heteroatoms. The summed E-state index contributed by atoms with van der Waals surface area (Å²) in [5.74, 6) is 0. The summed E-state index contributed by atoms with van der Waals surface area (Å²) in [7, 11) is 0. The molecule has 0 unspecified atom stereocenters. The normalized spacial score (nSPS) is 11.2. The van der Waals surface area contributed by atoms with Crippen molar-refractivity contribution in [3.05, 3.63) is 52.0 Å². The average Bonchev–Trinajstić information content (AvgIpc) is 2.89. The lowest BCUT2D eigenvalue weighted by Crippen LogP contribution is -2.31. The number of aromatic nitrogens is 1. The molecule has 2 aromatic rings. The zero-order valence-corrected chi connectivity index (χ0v) is 13.1. The van der Waals surface area contributed by atoms with Gasteiger partial charge < -0.3 is 5.32 Å². The predicted octanol–water partition coefficient (Wildman–Crippen LogP) is 3.06. The molecule has 0 aliphatic carbocycles. The van der Waals surface area contributed by atoms with Crippen LogP contribution in [0.3, 0.4) is 0 Å². The molecule has 2 heterocycles. The summed E-state index contributed by atoms with van der Waals surface area (Å²) in [6.45, 7) is 9.51. The highest BCUT2D eigenvalue weighted by Gasteiger charge is 2.03. The van der Waals surface area contributed by atoms with Crippen LogP contribution in [0.15, 0.2) is 36.7 Å². The van der Waals surface area contributed by atoms with E-state index in [-0.39, 0.29) is 0 Å². The van der Waals surface area contributed by atoms with Crippen molar-refractivity contribution in [3.8, 4) is 0 Å². The highest BCUT2D eigenvalue weighted by Crippen LogP contribution is 2.14. The topological polar surface area (TPSA) is 28.2 Å². The van der Waals surface area contributed by atoms with Crippen LogP contribution in [0.4, 0.5) is 0 Å². The van der Waals surface area contributed by atoms with Gasteiger partial charge in [0.05, 0.1) is 0 Å². The molecule has 0 saturated carbocycles. The van der Waals surface area contributed by atoms with Crippen LogP contribution in [0.25, 0.3) is 0 Å². The maximum Gasteiger partial charge on any atom is 0.0300 e. The van der Waals surface area contributed by atoms with Crippen molar-refractivity contribution in [1.82, 2.24) is 15.2 Å². The lowest BCUT2D eigenvalue weighted by molar-refractivity contribution is 0.279. The van der Waals surface area contributed by atoms with Crippen LogP contribution < -0.4 is 5.32 Å². The molecule has 3 nitrogen and oxygen atoms in total. The van der Waals surface area contributed by atoms with Crippen LogP contribution in [-0.2, 0) is 13.1 Å². The Morgan fingerprint density at radius 2 is 2.00 bits per heavy atom. The number of nitrogens with zero attached hydrogens (tertiary/aromatic N) is 2. The Labute approximate surface area is 125 Å². The molecular formula is C16H23N3S. The van der Waals surface area contributed by atoms with Crippen LogP contribution in [0.1, 0.15) is 22.2 Å². The Kier molecular flexibility index (Phi) is 6.18. The molecule has 0 bridgehead atoms. The molecule has 0 aromatic carbocycles. The number of pyridine rings is 1. The minimum atomic E-state index is 0.977. The van der Waals surface area contributed by atoms with Gasteiger partial charge in [-0.1, -0.05) is 6.92 Å². The van der Waals surface area contributed by atoms with E-state index in [4.69, 9.17) is 0 Å². The van der Waals surface area contributed by atoms with E-state index in [9.17, 15) is 0 Å². The van der Waals surface area contributed by atoms with Crippen molar-refractivity contribution < 1.29 is 0 Å². The number of hydrogen-bond donors (Lipinski definition) is 1. The Bertz CT molecular complexity index is 495. The van der Waals surface area contributed by atoms with E-state index in [0.29, 0.717) is 0 Å². The summed E-state index contributed by atoms with van der Waals surface area (Å²) >= 11 is 1.87. The first-order chi connectivity index (χ1) is 9.78. The maximum absolute atomic E-state index is 4.06. The summed E-state index contributed by atoms with van der Waals surface area (Å²) in [4.78, 5) is 9.31. The second kappa shape index (κ2) is 8.15. The van der Waals surface area contributed by atoms with E-state index in [1.807, 2.05) is 23.7 Å². The molecule has 20 heavy (non-hydrogen) atoms. The zero-order valence-electron chi connectivity index (χ0n) is 12.3. The lowest BCUT2D eigenvalue weighted by Gasteiger charge is -2.20. The number of nitrogens with one attached hydrogen (secondary N) is 1. The second-order valence-electron chi connectivity index (χ2n) is 4.91. The Morgan fingerprint density at radius 3 is 2.65 bits per heavy atom. The van der Waals surface area contributed by atoms with Gasteiger partial charge in [0, 0.05) is 48.3 Å². The van der Waals surface area contributed by atoms with Gasteiger partial charge in [0.15, 0.2) is 0 Å². The number of aryl methyl sites for hydroxylation is 1. The number of hydrogen-bond acceptors (Lipinski definition) is 4. The first-order valence-corrected chi connectivity index (χ1v) is 7.97. The highest BCUT2D eigenvalue weighted by atomic mass is 32.1. The van der Waals surface area contributed by atoms with Gasteiger partial charge in [0.25, 0.3) is 0 Å². The lowest BCUT2D eigenvalue weighted by atomic mass is 10.2. The maximum atomic E-state index is 4.06. The van der Waals surface area contributed by atoms with Gasteiger partial charge in [-0.05, 0) is 43.3 Å². The first-order valence-electron chi connectivity index (χ1n) is 7.15. The smallest absolute Gasteiger partial charge is 0.0300 e. The largest absolute Gasteiger partial charge is 0.311 e. The van der Waals surface area contributed by atoms with E-state index in [2.05, 4.69) is 53.3 Å². The standard InChI is InChI=1S/C16H23N3S/c1-3-19(13-15-6-8-17-9-7-15)11-10-18-12-16-5-4-14(2)20-16/h4-9,18H,3,10-13H2,1-2H3. The van der Waals surface area contributed by atoms with E-state index in [0.717, 1.165) is 32.7 Å². The molecule has 0 amide bonds. The Balaban J connectivity index is 1.68. The third-order valence-corrected chi connectivity index (χ3v) is 4.30. The van der Waals surface area contributed by atoms with Gasteiger partial charge in [0.2, 0.25) is 0 Å². The number of rotatable bonds is 8. The van der Waals surface area contributed by atoms with Crippen LogP contribution in [-0.4, -0.2) is 29.5 Å². The monoisotopic (exact) mass is 289 g/mol. The summed E-state index contributed by atoms with van der Waals surface area (Å²) in [6, 6.07) is 8.57. The molecule has 1 N–H and O–H groups in total. The van der Waals surface area contributed by atoms with E-state index in [1.54, 1.807) is 0 Å². The minimum absolute atomic E-state index is 0.977. The molecule has 0 spiro atoms. The SMILES string of the molecule is CCN(CCNCc1ccc(C)s1)Cc1ccncc1. The van der Waals surface area contributed by atoms with Gasteiger partial charge in [-0.3, -0.25) is 9.88 Å². The van der Waals surface area contributed by atoms with Crippen LogP contribution in [0.5, 0.6) is 0 Å². The minimum Gasteiger partial charge on any atom is -0.311 e. The molecule has 108 valence electrons. The second-order valence-corrected chi connectivity index (χ2v) is 6.29. The molecular weight excluding hydrogens is 266 g/mol. The molecule has 0 radical (unpaired) electrons. The van der Waals surface area contributed by atoms with Crippen molar-refractivity contribution in [2.75, 3.05) is 19.6 Å². The average molecular weight is 289 g/mol. The van der Waals surface area contributed by atoms with Crippen molar-refractivity contribution >= 4 is 11.3 Å². The molecule has 2 rings (SSSR count). The van der Waals surface area contributed by atoms with Crippen LogP contribution in [0.2, 0.25) is 0 Å². The van der Waals surface area contributed by atoms with Gasteiger partial charge in [-0.2, -0.15) is 0 Å². The molecule has 0 atom stereocenters. The van der Waals surface area contributed by atoms with Gasteiger partial charge in [-0.15, -0.1) is 11.3 Å². The summed E-state index contributed by atoms with van der Waals surface area (Å²) in [5.41, 5.74) is 1.33. The van der Waals surface area contributed by atoms with E-state index < -0.39 is 0 Å². The van der Waals surface area contributed by atoms with Crippen molar-refractivity contribution in [2.24, 2.45) is 0 Å². The Hall–Kier alpha value is -1.23. The molecule has 0 aliphatic heterocycles. The highest BCUT2D eigenvalue weighted by molar-refractivity contribution is 7.11. The third kappa shape index (κ3) is 5.04. The number of thiophene rings is 1. The van der Waals surface area contributed by atoms with Crippen LogP contribution in [0, 0.1) is 6.92 Å². The van der Waals surface area contributed by atoms with E-state index >= 15 is 0 Å². The summed E-state index contributed by atoms with van der Waals surface area (Å²) in [5, 5.41) is 3.52. The fraction of sp³-hybridized carbons (Fsp3) is 0.438. The molecule has 2 aromatic heterocycles. The predicted molar refractivity (Wildman–Crippen MR) is 86.0 cm³/mol. The molecule has 0 saturated heterocycles.